The van der Waals surface area contributed by atoms with Crippen LogP contribution in [-0.4, -0.2) is 22.6 Å². The summed E-state index contributed by atoms with van der Waals surface area (Å²) in [4.78, 5) is 23.5. The van der Waals surface area contributed by atoms with Crippen LogP contribution in [0.5, 0.6) is 0 Å². The maximum absolute atomic E-state index is 11.0. The van der Waals surface area contributed by atoms with Crippen LogP contribution >= 0.6 is 0 Å². The van der Waals surface area contributed by atoms with Crippen LogP contribution in [0.3, 0.4) is 0 Å². The Bertz CT molecular complexity index is 267. The number of carbonyl (C=O) groups is 2. The highest BCUT2D eigenvalue weighted by Gasteiger charge is 2.42. The minimum absolute atomic E-state index is 0.000509. The van der Waals surface area contributed by atoms with Crippen LogP contribution in [0.4, 0.5) is 0 Å². The van der Waals surface area contributed by atoms with E-state index in [1.807, 2.05) is 6.08 Å². The van der Waals surface area contributed by atoms with Gasteiger partial charge in [0.15, 0.2) is 5.78 Å². The Morgan fingerprint density at radius 1 is 1.73 bits per heavy atom. The molecule has 0 bridgehead atoms. The molecule has 2 aliphatic heterocycles. The van der Waals surface area contributed by atoms with E-state index in [0.717, 1.165) is 6.42 Å². The molecule has 2 heterocycles. The molecule has 0 N–H and O–H groups in total. The van der Waals surface area contributed by atoms with Crippen LogP contribution in [0.2, 0.25) is 0 Å². The molecule has 3 heteroatoms. The summed E-state index contributed by atoms with van der Waals surface area (Å²) in [7, 11) is 0. The number of hydrogen-bond acceptors (Lipinski definition) is 2. The van der Waals surface area contributed by atoms with Crippen molar-refractivity contribution in [3.05, 3.63) is 11.8 Å². The van der Waals surface area contributed by atoms with E-state index in [2.05, 4.69) is 0 Å². The molecule has 1 amide bonds. The molecule has 3 nitrogen and oxygen atoms in total. The lowest BCUT2D eigenvalue weighted by Crippen LogP contribution is -2.49. The number of β-lactam (4-membered cyclic amide) rings is 1. The Balaban J connectivity index is 2.24. The Morgan fingerprint density at radius 3 is 2.91 bits per heavy atom. The average molecular weight is 151 g/mol. The second-order valence-electron chi connectivity index (χ2n) is 3.00. The number of Topliss-reactive ketones (excluding diaryl/α,β-unsaturated/α-hetero) is 1. The zero-order valence-corrected chi connectivity index (χ0v) is 6.33. The van der Waals surface area contributed by atoms with E-state index in [9.17, 15) is 9.59 Å². The molecule has 1 unspecified atom stereocenters. The predicted molar refractivity (Wildman–Crippen MR) is 38.6 cm³/mol. The Morgan fingerprint density at radius 2 is 2.45 bits per heavy atom. The maximum atomic E-state index is 11.0. The van der Waals surface area contributed by atoms with Gasteiger partial charge >= 0.3 is 0 Å². The molecular weight excluding hydrogens is 142 g/mol. The number of rotatable bonds is 1. The molecule has 0 aromatic rings. The summed E-state index contributed by atoms with van der Waals surface area (Å²) < 4.78 is 0. The van der Waals surface area contributed by atoms with Gasteiger partial charge in [0, 0.05) is 19.4 Å². The van der Waals surface area contributed by atoms with Crippen molar-refractivity contribution in [1.29, 1.82) is 0 Å². The van der Waals surface area contributed by atoms with E-state index in [1.54, 1.807) is 4.90 Å². The first-order chi connectivity index (χ1) is 5.20. The van der Waals surface area contributed by atoms with Gasteiger partial charge in [-0.1, -0.05) is 6.08 Å². The summed E-state index contributed by atoms with van der Waals surface area (Å²) in [6.07, 6.45) is 3.34. The van der Waals surface area contributed by atoms with E-state index in [0.29, 0.717) is 18.2 Å². The molecular formula is C8H9NO2. The van der Waals surface area contributed by atoms with Crippen LogP contribution in [-0.2, 0) is 9.59 Å². The second-order valence-corrected chi connectivity index (χ2v) is 3.00. The number of ketones is 1. The molecule has 2 aliphatic rings. The zero-order valence-electron chi connectivity index (χ0n) is 6.33. The lowest BCUT2D eigenvalue weighted by Gasteiger charge is -2.35. The molecule has 0 saturated carbocycles. The molecule has 1 atom stereocenters. The summed E-state index contributed by atoms with van der Waals surface area (Å²) in [5.41, 5.74) is 0.603. The normalized spacial score (nSPS) is 27.7. The molecule has 2 rings (SSSR count). The van der Waals surface area contributed by atoms with Crippen molar-refractivity contribution in [3.8, 4) is 0 Å². The van der Waals surface area contributed by atoms with Crippen LogP contribution in [0.1, 0.15) is 19.8 Å². The molecule has 0 aromatic heterocycles. The third kappa shape index (κ3) is 0.737. The summed E-state index contributed by atoms with van der Waals surface area (Å²) in [6.45, 7) is 1.50. The number of amides is 1. The van der Waals surface area contributed by atoms with Crippen molar-refractivity contribution in [2.24, 2.45) is 0 Å². The van der Waals surface area contributed by atoms with Gasteiger partial charge in [-0.15, -0.1) is 0 Å². The van der Waals surface area contributed by atoms with Gasteiger partial charge in [-0.3, -0.25) is 9.59 Å². The van der Waals surface area contributed by atoms with Gasteiger partial charge in [-0.05, 0) is 6.42 Å². The molecule has 1 saturated heterocycles. The third-order valence-electron chi connectivity index (χ3n) is 2.25. The van der Waals surface area contributed by atoms with Crippen molar-refractivity contribution in [3.63, 3.8) is 0 Å². The van der Waals surface area contributed by atoms with Gasteiger partial charge in [0.05, 0.1) is 5.70 Å². The van der Waals surface area contributed by atoms with E-state index >= 15 is 0 Å². The fourth-order valence-electron chi connectivity index (χ4n) is 1.66. The van der Waals surface area contributed by atoms with Gasteiger partial charge < -0.3 is 4.90 Å². The summed E-state index contributed by atoms with van der Waals surface area (Å²) >= 11 is 0. The molecule has 1 fully saturated rings. The molecule has 11 heavy (non-hydrogen) atoms. The van der Waals surface area contributed by atoms with Crippen LogP contribution in [0.25, 0.3) is 0 Å². The van der Waals surface area contributed by atoms with Crippen molar-refractivity contribution >= 4 is 11.7 Å². The van der Waals surface area contributed by atoms with Crippen LogP contribution < -0.4 is 0 Å². The number of carbonyl (C=O) groups excluding carboxylic acids is 2. The summed E-state index contributed by atoms with van der Waals surface area (Å²) in [5, 5.41) is 0. The zero-order chi connectivity index (χ0) is 8.01. The van der Waals surface area contributed by atoms with Crippen molar-refractivity contribution in [2.45, 2.75) is 25.8 Å². The SMILES string of the molecule is CC(=O)C1=CCC2CC(=O)N12. The number of fused-ring (bicyclic) bond motifs is 1. The van der Waals surface area contributed by atoms with Crippen LogP contribution in [0.15, 0.2) is 11.8 Å². The maximum Gasteiger partial charge on any atom is 0.229 e. The van der Waals surface area contributed by atoms with Gasteiger partial charge in [-0.2, -0.15) is 0 Å². The van der Waals surface area contributed by atoms with Crippen molar-refractivity contribution in [2.75, 3.05) is 0 Å². The van der Waals surface area contributed by atoms with Gasteiger partial charge in [0.1, 0.15) is 0 Å². The molecule has 0 spiro atoms. The molecule has 58 valence electrons. The molecule has 0 aliphatic carbocycles. The fourth-order valence-corrected chi connectivity index (χ4v) is 1.66. The first-order valence-corrected chi connectivity index (χ1v) is 3.73. The lowest BCUT2D eigenvalue weighted by atomic mass is 10.0. The third-order valence-corrected chi connectivity index (χ3v) is 2.25. The summed E-state index contributed by atoms with van der Waals surface area (Å²) in [5.74, 6) is 0.0921. The van der Waals surface area contributed by atoms with Gasteiger partial charge in [0.25, 0.3) is 0 Å². The van der Waals surface area contributed by atoms with Gasteiger partial charge in [0.2, 0.25) is 5.91 Å². The van der Waals surface area contributed by atoms with E-state index in [-0.39, 0.29) is 11.7 Å². The minimum Gasteiger partial charge on any atom is -0.305 e. The predicted octanol–water partition coefficient (Wildman–Crippen LogP) is 0.464. The average Bonchev–Trinajstić information content (AvgIpc) is 2.25. The lowest BCUT2D eigenvalue weighted by molar-refractivity contribution is -0.143. The topological polar surface area (TPSA) is 37.4 Å². The quantitative estimate of drug-likeness (QED) is 0.511. The highest BCUT2D eigenvalue weighted by atomic mass is 16.2. The number of hydrogen-bond donors (Lipinski definition) is 0. The largest absolute Gasteiger partial charge is 0.305 e. The van der Waals surface area contributed by atoms with E-state index < -0.39 is 0 Å². The van der Waals surface area contributed by atoms with E-state index in [4.69, 9.17) is 0 Å². The highest BCUT2D eigenvalue weighted by molar-refractivity contribution is 6.00. The second kappa shape index (κ2) is 1.94. The number of allylic oxidation sites excluding steroid dienone is 1. The van der Waals surface area contributed by atoms with E-state index in [1.165, 1.54) is 6.92 Å². The Labute approximate surface area is 64.7 Å². The van der Waals surface area contributed by atoms with Crippen molar-refractivity contribution < 1.29 is 9.59 Å². The first-order valence-electron chi connectivity index (χ1n) is 3.73. The molecule has 0 aromatic carbocycles. The summed E-state index contributed by atoms with van der Waals surface area (Å²) in [6, 6.07) is 0.307. The number of nitrogens with zero attached hydrogens (tertiary/aromatic N) is 1. The fraction of sp³-hybridized carbons (Fsp3) is 0.500. The smallest absolute Gasteiger partial charge is 0.229 e. The van der Waals surface area contributed by atoms with Crippen molar-refractivity contribution in [1.82, 2.24) is 4.90 Å². The highest BCUT2D eigenvalue weighted by Crippen LogP contribution is 2.33. The first kappa shape index (κ1) is 6.58. The molecule has 0 radical (unpaired) electrons. The Kier molecular flexibility index (Phi) is 1.16. The Hall–Kier alpha value is -1.12. The standard InChI is InChI=1S/C8H9NO2/c1-5(10)7-3-2-6-4-8(11)9(6)7/h3,6H,2,4H2,1H3. The van der Waals surface area contributed by atoms with Gasteiger partial charge in [-0.25, -0.2) is 0 Å². The van der Waals surface area contributed by atoms with Crippen LogP contribution in [0, 0.1) is 0 Å². The monoisotopic (exact) mass is 151 g/mol. The minimum atomic E-state index is 0.000509.